The molecule has 2 aromatic rings. The van der Waals surface area contributed by atoms with Crippen LogP contribution in [0.5, 0.6) is 5.75 Å². The first kappa shape index (κ1) is 22.8. The number of ether oxygens (including phenoxy) is 2. The van der Waals surface area contributed by atoms with Gasteiger partial charge in [0.1, 0.15) is 12.4 Å². The number of carbonyl (C=O) groups is 2. The molecule has 0 radical (unpaired) electrons. The van der Waals surface area contributed by atoms with Crippen LogP contribution in [0, 0.1) is 0 Å². The third-order valence-corrected chi connectivity index (χ3v) is 3.94. The number of nitrogens with one attached hydrogen (secondary N) is 2. The molecule has 0 heterocycles. The fraction of sp³-hybridized carbons (Fsp3) is 0.222. The Kier molecular flexibility index (Phi) is 8.12. The summed E-state index contributed by atoms with van der Waals surface area (Å²) in [5.74, 6) is -0.380. The summed E-state index contributed by atoms with van der Waals surface area (Å²) in [6.07, 6.45) is -4.10. The molecule has 11 heteroatoms. The van der Waals surface area contributed by atoms with Gasteiger partial charge >= 0.3 is 12.1 Å². The number of amides is 3. The monoisotopic (exact) mass is 450 g/mol. The predicted octanol–water partition coefficient (Wildman–Crippen LogP) is 4.82. The van der Waals surface area contributed by atoms with Crippen LogP contribution in [-0.2, 0) is 4.74 Å². The van der Waals surface area contributed by atoms with E-state index in [0.717, 1.165) is 0 Å². The first-order valence-corrected chi connectivity index (χ1v) is 8.90. The van der Waals surface area contributed by atoms with Gasteiger partial charge in [-0.15, -0.1) is 0 Å². The number of halogens is 5. The van der Waals surface area contributed by atoms with Crippen LogP contribution in [0.2, 0.25) is 5.02 Å². The van der Waals surface area contributed by atoms with Crippen molar-refractivity contribution in [1.29, 1.82) is 0 Å². The molecule has 6 nitrogen and oxygen atoms in total. The lowest BCUT2D eigenvalue weighted by molar-refractivity contribution is -0.258. The molecule has 2 aromatic carbocycles. The zero-order chi connectivity index (χ0) is 21.4. The minimum absolute atomic E-state index is 0.147. The number of imide groups is 1. The van der Waals surface area contributed by atoms with Gasteiger partial charge in [0, 0.05) is 5.69 Å². The van der Waals surface area contributed by atoms with E-state index < -0.39 is 30.3 Å². The van der Waals surface area contributed by atoms with E-state index in [1.807, 2.05) is 0 Å². The van der Waals surface area contributed by atoms with Crippen LogP contribution >= 0.6 is 23.2 Å². The maximum atomic E-state index is 12.8. The van der Waals surface area contributed by atoms with E-state index in [1.165, 1.54) is 36.4 Å². The lowest BCUT2D eigenvalue weighted by Crippen LogP contribution is -2.34. The van der Waals surface area contributed by atoms with Gasteiger partial charge in [-0.3, -0.25) is 10.1 Å². The van der Waals surface area contributed by atoms with E-state index in [4.69, 9.17) is 16.3 Å². The van der Waals surface area contributed by atoms with Gasteiger partial charge in [0.25, 0.3) is 11.5 Å². The molecule has 0 aromatic heterocycles. The fourth-order valence-electron chi connectivity index (χ4n) is 2.01. The number of urea groups is 1. The Bertz CT molecular complexity index is 851. The summed E-state index contributed by atoms with van der Waals surface area (Å²) in [5.41, 5.74) is -2.47. The smallest absolute Gasteiger partial charge is 0.401 e. The largest absolute Gasteiger partial charge is 0.491 e. The maximum absolute atomic E-state index is 12.8. The number of hydrogen-bond donors (Lipinski definition) is 2. The molecule has 2 rings (SSSR count). The molecule has 0 aliphatic rings. The van der Waals surface area contributed by atoms with Gasteiger partial charge in [0.15, 0.2) is 0 Å². The summed E-state index contributed by atoms with van der Waals surface area (Å²) in [4.78, 5) is 23.9. The van der Waals surface area contributed by atoms with Gasteiger partial charge in [0.05, 0.1) is 17.2 Å². The number of benzene rings is 2. The Hall–Kier alpha value is -2.49. The van der Waals surface area contributed by atoms with Crippen molar-refractivity contribution in [3.05, 3.63) is 59.1 Å². The number of anilines is 1. The van der Waals surface area contributed by atoms with Crippen molar-refractivity contribution in [2.24, 2.45) is 0 Å². The average Bonchev–Trinajstić information content (AvgIpc) is 2.66. The van der Waals surface area contributed by atoms with Crippen molar-refractivity contribution in [2.75, 3.05) is 18.5 Å². The number of hydrogen-bond acceptors (Lipinski definition) is 4. The average molecular weight is 451 g/mol. The fourth-order valence-corrected chi connectivity index (χ4v) is 2.30. The predicted molar refractivity (Wildman–Crippen MR) is 102 cm³/mol. The molecule has 0 saturated carbocycles. The second-order valence-corrected chi connectivity index (χ2v) is 6.26. The van der Waals surface area contributed by atoms with Crippen LogP contribution in [0.15, 0.2) is 48.5 Å². The Labute approximate surface area is 173 Å². The Morgan fingerprint density at radius 2 is 1.72 bits per heavy atom. The van der Waals surface area contributed by atoms with Crippen LogP contribution in [0.25, 0.3) is 0 Å². The van der Waals surface area contributed by atoms with E-state index in [1.54, 1.807) is 12.1 Å². The van der Waals surface area contributed by atoms with Gasteiger partial charge in [-0.05, 0) is 36.4 Å². The van der Waals surface area contributed by atoms with E-state index in [0.29, 0.717) is 5.69 Å². The maximum Gasteiger partial charge on any atom is 0.401 e. The van der Waals surface area contributed by atoms with Crippen molar-refractivity contribution >= 4 is 40.8 Å². The molecule has 0 saturated heterocycles. The highest BCUT2D eigenvalue weighted by molar-refractivity contribution is 6.34. The van der Waals surface area contributed by atoms with Gasteiger partial charge in [-0.2, -0.15) is 8.78 Å². The third kappa shape index (κ3) is 7.12. The number of carbonyl (C=O) groups excluding carboxylic acids is 2. The van der Waals surface area contributed by atoms with Crippen LogP contribution in [-0.4, -0.2) is 36.9 Å². The normalized spacial score (nSPS) is 12.2. The molecule has 1 atom stereocenters. The van der Waals surface area contributed by atoms with Gasteiger partial charge in [-0.1, -0.05) is 35.3 Å². The molecule has 0 aliphatic heterocycles. The van der Waals surface area contributed by atoms with Crippen molar-refractivity contribution < 1.29 is 32.2 Å². The van der Waals surface area contributed by atoms with Crippen molar-refractivity contribution in [3.63, 3.8) is 0 Å². The van der Waals surface area contributed by atoms with Crippen molar-refractivity contribution in [2.45, 2.75) is 11.7 Å². The SMILES string of the molecule is O=C(NC(=O)c1ccccc1Cl)Nc1ccc(OCCOC(F)(F)C(F)Cl)cc1. The third-order valence-electron chi connectivity index (χ3n) is 3.36. The summed E-state index contributed by atoms with van der Waals surface area (Å²) >= 11 is 10.5. The van der Waals surface area contributed by atoms with Crippen LogP contribution in [0.3, 0.4) is 0 Å². The molecular formula is C18H15Cl2F3N2O4. The topological polar surface area (TPSA) is 76.7 Å². The second-order valence-electron chi connectivity index (χ2n) is 5.47. The van der Waals surface area contributed by atoms with Crippen molar-refractivity contribution in [1.82, 2.24) is 5.32 Å². The molecule has 0 bridgehead atoms. The second kappa shape index (κ2) is 10.3. The quantitative estimate of drug-likeness (QED) is 0.446. The van der Waals surface area contributed by atoms with Crippen LogP contribution in [0.4, 0.5) is 23.7 Å². The highest BCUT2D eigenvalue weighted by Gasteiger charge is 2.40. The van der Waals surface area contributed by atoms with E-state index in [9.17, 15) is 22.8 Å². The zero-order valence-corrected chi connectivity index (χ0v) is 16.1. The Balaban J connectivity index is 1.79. The highest BCUT2D eigenvalue weighted by atomic mass is 35.5. The lowest BCUT2D eigenvalue weighted by atomic mass is 10.2. The van der Waals surface area contributed by atoms with E-state index >= 15 is 0 Å². The molecule has 156 valence electrons. The van der Waals surface area contributed by atoms with E-state index in [2.05, 4.69) is 27.0 Å². The van der Waals surface area contributed by atoms with Gasteiger partial charge < -0.3 is 14.8 Å². The van der Waals surface area contributed by atoms with Gasteiger partial charge in [-0.25, -0.2) is 9.18 Å². The summed E-state index contributed by atoms with van der Waals surface area (Å²) in [5, 5.41) is 4.77. The molecule has 29 heavy (non-hydrogen) atoms. The minimum atomic E-state index is -4.10. The zero-order valence-electron chi connectivity index (χ0n) is 14.6. The van der Waals surface area contributed by atoms with Crippen molar-refractivity contribution in [3.8, 4) is 5.75 Å². The number of rotatable bonds is 8. The summed E-state index contributed by atoms with van der Waals surface area (Å²) < 4.78 is 47.1. The Morgan fingerprint density at radius 1 is 1.07 bits per heavy atom. The van der Waals surface area contributed by atoms with Crippen LogP contribution < -0.4 is 15.4 Å². The number of alkyl halides is 4. The first-order chi connectivity index (χ1) is 13.7. The highest BCUT2D eigenvalue weighted by Crippen LogP contribution is 2.25. The lowest BCUT2D eigenvalue weighted by Gasteiger charge is -2.16. The Morgan fingerprint density at radius 3 is 2.34 bits per heavy atom. The molecule has 0 fully saturated rings. The minimum Gasteiger partial charge on any atom is -0.491 e. The van der Waals surface area contributed by atoms with Gasteiger partial charge in [0.2, 0.25) is 0 Å². The molecule has 3 amide bonds. The first-order valence-electron chi connectivity index (χ1n) is 8.08. The summed E-state index contributed by atoms with van der Waals surface area (Å²) in [6.45, 7) is -0.870. The molecular weight excluding hydrogens is 436 g/mol. The van der Waals surface area contributed by atoms with E-state index in [-0.39, 0.29) is 22.9 Å². The summed E-state index contributed by atoms with van der Waals surface area (Å²) in [6, 6.07) is 11.3. The molecule has 1 unspecified atom stereocenters. The molecule has 0 aliphatic carbocycles. The molecule has 0 spiro atoms. The summed E-state index contributed by atoms with van der Waals surface area (Å²) in [7, 11) is 0. The standard InChI is InChI=1S/C18H15Cl2F3N2O4/c19-14-4-2-1-3-13(14)15(26)25-17(27)24-11-5-7-12(8-6-11)28-9-10-29-18(22,23)16(20)21/h1-8,16H,9-10H2,(H2,24,25,26,27). The van der Waals surface area contributed by atoms with Crippen LogP contribution in [0.1, 0.15) is 10.4 Å². The molecule has 2 N–H and O–H groups in total.